The van der Waals surface area contributed by atoms with Gasteiger partial charge in [-0.25, -0.2) is 0 Å². The molecule has 2 atom stereocenters. The fourth-order valence-corrected chi connectivity index (χ4v) is 1.82. The van der Waals surface area contributed by atoms with Crippen molar-refractivity contribution in [1.82, 2.24) is 4.98 Å². The van der Waals surface area contributed by atoms with Gasteiger partial charge >= 0.3 is 0 Å². The molecule has 0 fully saturated rings. The third-order valence-electron chi connectivity index (χ3n) is 2.76. The van der Waals surface area contributed by atoms with Crippen molar-refractivity contribution < 1.29 is 9.52 Å². The highest BCUT2D eigenvalue weighted by Gasteiger charge is 2.24. The van der Waals surface area contributed by atoms with Crippen LogP contribution in [0.3, 0.4) is 0 Å². The number of aliphatic hydroxyl groups excluding tert-OH is 1. The van der Waals surface area contributed by atoms with Crippen LogP contribution in [-0.4, -0.2) is 16.6 Å². The van der Waals surface area contributed by atoms with Crippen molar-refractivity contribution in [2.24, 2.45) is 5.73 Å². The molecule has 0 aliphatic rings. The van der Waals surface area contributed by atoms with E-state index in [1.54, 1.807) is 12.3 Å². The van der Waals surface area contributed by atoms with Crippen LogP contribution < -0.4 is 5.73 Å². The van der Waals surface area contributed by atoms with E-state index in [-0.39, 0.29) is 5.92 Å². The number of nitrogens with zero attached hydrogens (tertiary/aromatic N) is 1. The molecule has 3 N–H and O–H groups in total. The van der Waals surface area contributed by atoms with E-state index in [4.69, 9.17) is 10.2 Å². The largest absolute Gasteiger partial charge is 0.464 e. The average Bonchev–Trinajstić information content (AvgIpc) is 2.78. The van der Waals surface area contributed by atoms with E-state index in [1.807, 2.05) is 31.2 Å². The fourth-order valence-electron chi connectivity index (χ4n) is 1.82. The van der Waals surface area contributed by atoms with Crippen LogP contribution in [0.5, 0.6) is 0 Å². The van der Waals surface area contributed by atoms with Crippen LogP contribution in [0.1, 0.15) is 29.2 Å². The first-order chi connectivity index (χ1) is 8.22. The Morgan fingerprint density at radius 3 is 2.71 bits per heavy atom. The minimum Gasteiger partial charge on any atom is -0.464 e. The number of furan rings is 1. The van der Waals surface area contributed by atoms with Gasteiger partial charge in [0.1, 0.15) is 17.6 Å². The minimum absolute atomic E-state index is 0.248. The van der Waals surface area contributed by atoms with Crippen LogP contribution in [0.25, 0.3) is 0 Å². The van der Waals surface area contributed by atoms with Crippen molar-refractivity contribution in [1.29, 1.82) is 0 Å². The summed E-state index contributed by atoms with van der Waals surface area (Å²) in [7, 11) is 0. The molecule has 0 radical (unpaired) electrons. The van der Waals surface area contributed by atoms with E-state index in [0.29, 0.717) is 12.3 Å². The van der Waals surface area contributed by atoms with Gasteiger partial charge in [-0.1, -0.05) is 6.07 Å². The predicted octanol–water partition coefficient (Wildman–Crippen LogP) is 1.76. The zero-order chi connectivity index (χ0) is 12.3. The first kappa shape index (κ1) is 11.8. The summed E-state index contributed by atoms with van der Waals surface area (Å²) in [6.45, 7) is 2.16. The van der Waals surface area contributed by atoms with Crippen LogP contribution in [0.4, 0.5) is 0 Å². The average molecular weight is 232 g/mol. The lowest BCUT2D eigenvalue weighted by molar-refractivity contribution is 0.119. The van der Waals surface area contributed by atoms with Crippen molar-refractivity contribution in [2.75, 3.05) is 6.54 Å². The highest BCUT2D eigenvalue weighted by atomic mass is 16.4. The Bertz CT molecular complexity index is 467. The molecule has 2 aromatic heterocycles. The Labute approximate surface area is 100 Å². The summed E-state index contributed by atoms with van der Waals surface area (Å²) in [5.74, 6) is 1.06. The maximum atomic E-state index is 10.2. The zero-order valence-corrected chi connectivity index (χ0v) is 9.71. The second-order valence-electron chi connectivity index (χ2n) is 3.99. The summed E-state index contributed by atoms with van der Waals surface area (Å²) >= 11 is 0. The monoisotopic (exact) mass is 232 g/mol. The highest BCUT2D eigenvalue weighted by Crippen LogP contribution is 2.29. The molecular formula is C13H16N2O2. The molecule has 0 saturated heterocycles. The topological polar surface area (TPSA) is 72.3 Å². The van der Waals surface area contributed by atoms with Gasteiger partial charge in [-0.2, -0.15) is 0 Å². The van der Waals surface area contributed by atoms with Gasteiger partial charge in [0.05, 0.1) is 0 Å². The molecule has 0 bridgehead atoms. The minimum atomic E-state index is -0.761. The number of aryl methyl sites for hydroxylation is 1. The van der Waals surface area contributed by atoms with Crippen LogP contribution in [-0.2, 0) is 0 Å². The molecule has 4 heteroatoms. The number of hydrogen-bond donors (Lipinski definition) is 2. The predicted molar refractivity (Wildman–Crippen MR) is 64.4 cm³/mol. The molecule has 2 aromatic rings. The Hall–Kier alpha value is -1.65. The Kier molecular flexibility index (Phi) is 3.56. The summed E-state index contributed by atoms with van der Waals surface area (Å²) in [6, 6.07) is 9.16. The van der Waals surface area contributed by atoms with Crippen LogP contribution in [0, 0.1) is 6.92 Å². The molecule has 0 amide bonds. The SMILES string of the molecule is Cc1ccc(C(O)C(CN)c2ccccn2)o1. The molecule has 0 spiro atoms. The van der Waals surface area contributed by atoms with Gasteiger partial charge in [0.15, 0.2) is 0 Å². The molecule has 0 aliphatic heterocycles. The van der Waals surface area contributed by atoms with E-state index in [0.717, 1.165) is 11.5 Å². The van der Waals surface area contributed by atoms with Gasteiger partial charge in [0, 0.05) is 24.4 Å². The fraction of sp³-hybridized carbons (Fsp3) is 0.308. The van der Waals surface area contributed by atoms with Crippen LogP contribution in [0.15, 0.2) is 40.9 Å². The van der Waals surface area contributed by atoms with Gasteiger partial charge in [0.25, 0.3) is 0 Å². The second-order valence-corrected chi connectivity index (χ2v) is 3.99. The van der Waals surface area contributed by atoms with E-state index in [2.05, 4.69) is 4.98 Å². The Balaban J connectivity index is 2.25. The number of aliphatic hydroxyl groups is 1. The van der Waals surface area contributed by atoms with Crippen LogP contribution in [0.2, 0.25) is 0 Å². The quantitative estimate of drug-likeness (QED) is 0.842. The molecule has 0 saturated carbocycles. The smallest absolute Gasteiger partial charge is 0.133 e. The summed E-state index contributed by atoms with van der Waals surface area (Å²) in [5.41, 5.74) is 6.48. The molecular weight excluding hydrogens is 216 g/mol. The first-order valence-electron chi connectivity index (χ1n) is 5.57. The summed E-state index contributed by atoms with van der Waals surface area (Å²) < 4.78 is 5.42. The van der Waals surface area contributed by atoms with Gasteiger partial charge in [-0.3, -0.25) is 4.98 Å². The molecule has 90 valence electrons. The zero-order valence-electron chi connectivity index (χ0n) is 9.71. The van der Waals surface area contributed by atoms with Crippen molar-refractivity contribution in [3.63, 3.8) is 0 Å². The van der Waals surface area contributed by atoms with E-state index in [9.17, 15) is 5.11 Å². The van der Waals surface area contributed by atoms with Gasteiger partial charge in [-0.15, -0.1) is 0 Å². The number of rotatable bonds is 4. The Morgan fingerprint density at radius 2 is 2.18 bits per heavy atom. The summed E-state index contributed by atoms with van der Waals surface area (Å²) in [6.07, 6.45) is 0.932. The van der Waals surface area contributed by atoms with Gasteiger partial charge < -0.3 is 15.3 Å². The molecule has 0 aliphatic carbocycles. The van der Waals surface area contributed by atoms with Crippen LogP contribution >= 0.6 is 0 Å². The van der Waals surface area contributed by atoms with Crippen molar-refractivity contribution in [3.8, 4) is 0 Å². The van der Waals surface area contributed by atoms with E-state index < -0.39 is 6.10 Å². The third kappa shape index (κ3) is 2.54. The number of hydrogen-bond acceptors (Lipinski definition) is 4. The van der Waals surface area contributed by atoms with Crippen molar-refractivity contribution in [2.45, 2.75) is 18.9 Å². The summed E-state index contributed by atoms with van der Waals surface area (Å²) in [4.78, 5) is 4.22. The first-order valence-corrected chi connectivity index (χ1v) is 5.57. The van der Waals surface area contributed by atoms with E-state index >= 15 is 0 Å². The Morgan fingerprint density at radius 1 is 1.35 bits per heavy atom. The molecule has 2 rings (SSSR count). The maximum absolute atomic E-state index is 10.2. The second kappa shape index (κ2) is 5.12. The normalized spacial score (nSPS) is 14.5. The van der Waals surface area contributed by atoms with E-state index in [1.165, 1.54) is 0 Å². The molecule has 2 heterocycles. The third-order valence-corrected chi connectivity index (χ3v) is 2.76. The molecule has 17 heavy (non-hydrogen) atoms. The lowest BCUT2D eigenvalue weighted by Gasteiger charge is -2.19. The molecule has 0 aromatic carbocycles. The van der Waals surface area contributed by atoms with Gasteiger partial charge in [0.2, 0.25) is 0 Å². The van der Waals surface area contributed by atoms with Crippen molar-refractivity contribution in [3.05, 3.63) is 53.7 Å². The standard InChI is InChI=1S/C13H16N2O2/c1-9-5-6-12(17-9)13(16)10(8-14)11-4-2-3-7-15-11/h2-7,10,13,16H,8,14H2,1H3. The molecule has 4 nitrogen and oxygen atoms in total. The summed E-state index contributed by atoms with van der Waals surface area (Å²) in [5, 5.41) is 10.2. The van der Waals surface area contributed by atoms with Crippen molar-refractivity contribution >= 4 is 0 Å². The number of aromatic nitrogens is 1. The lowest BCUT2D eigenvalue weighted by Crippen LogP contribution is -2.20. The van der Waals surface area contributed by atoms with Gasteiger partial charge in [-0.05, 0) is 31.2 Å². The lowest BCUT2D eigenvalue weighted by atomic mass is 9.96. The maximum Gasteiger partial charge on any atom is 0.133 e. The highest BCUT2D eigenvalue weighted by molar-refractivity contribution is 5.17. The number of nitrogens with two attached hydrogens (primary N) is 1. The molecule has 2 unspecified atom stereocenters. The number of pyridine rings is 1.